The third-order valence-corrected chi connectivity index (χ3v) is 8.75. The monoisotopic (exact) mass is 498 g/mol. The van der Waals surface area contributed by atoms with Gasteiger partial charge < -0.3 is 14.4 Å². The second-order valence-electron chi connectivity index (χ2n) is 8.98. The van der Waals surface area contributed by atoms with Crippen LogP contribution in [0.15, 0.2) is 53.4 Å². The summed E-state index contributed by atoms with van der Waals surface area (Å²) in [6, 6.07) is 13.3. The maximum absolute atomic E-state index is 13.1. The van der Waals surface area contributed by atoms with Crippen molar-refractivity contribution in [3.05, 3.63) is 54.1 Å². The van der Waals surface area contributed by atoms with Gasteiger partial charge >= 0.3 is 6.36 Å². The fraction of sp³-hybridized carbons (Fsp3) is 0.500. The number of rotatable bonds is 7. The first-order chi connectivity index (χ1) is 16.1. The van der Waals surface area contributed by atoms with Crippen LogP contribution in [-0.4, -0.2) is 59.0 Å². The molecule has 2 aliphatic heterocycles. The second-order valence-corrected chi connectivity index (χ2v) is 10.9. The Labute approximate surface area is 198 Å². The Kier molecular flexibility index (Phi) is 7.12. The normalized spacial score (nSPS) is 19.0. The molecule has 0 amide bonds. The number of benzene rings is 2. The van der Waals surface area contributed by atoms with E-state index in [1.807, 2.05) is 0 Å². The topological polar surface area (TPSA) is 59.1 Å². The van der Waals surface area contributed by atoms with Gasteiger partial charge in [-0.2, -0.15) is 4.31 Å². The molecule has 2 saturated heterocycles. The Morgan fingerprint density at radius 1 is 0.971 bits per heavy atom. The van der Waals surface area contributed by atoms with Crippen molar-refractivity contribution < 1.29 is 31.1 Å². The average Bonchev–Trinajstić information content (AvgIpc) is 3.21. The summed E-state index contributed by atoms with van der Waals surface area (Å²) in [5.41, 5.74) is 2.36. The van der Waals surface area contributed by atoms with Crippen LogP contribution >= 0.6 is 0 Å². The van der Waals surface area contributed by atoms with E-state index in [-0.39, 0.29) is 18.5 Å². The van der Waals surface area contributed by atoms with Crippen LogP contribution in [-0.2, 0) is 21.2 Å². The van der Waals surface area contributed by atoms with Crippen molar-refractivity contribution in [3.8, 4) is 5.75 Å². The molecular formula is C24H29F3N2O4S. The van der Waals surface area contributed by atoms with Crippen LogP contribution in [0.4, 0.5) is 18.9 Å². The fourth-order valence-corrected chi connectivity index (χ4v) is 6.43. The van der Waals surface area contributed by atoms with E-state index in [1.54, 1.807) is 7.11 Å². The highest BCUT2D eigenvalue weighted by atomic mass is 32.2. The van der Waals surface area contributed by atoms with Crippen LogP contribution in [0.2, 0.25) is 0 Å². The molecule has 2 aromatic carbocycles. The largest absolute Gasteiger partial charge is 0.573 e. The van der Waals surface area contributed by atoms with Crippen molar-refractivity contribution in [3.63, 3.8) is 0 Å². The van der Waals surface area contributed by atoms with E-state index in [4.69, 9.17) is 4.74 Å². The number of nitrogens with zero attached hydrogens (tertiary/aromatic N) is 2. The predicted octanol–water partition coefficient (Wildman–Crippen LogP) is 4.46. The molecule has 0 unspecified atom stereocenters. The molecule has 6 nitrogen and oxygen atoms in total. The summed E-state index contributed by atoms with van der Waals surface area (Å²) in [5.74, 6) is -0.698. The smallest absolute Gasteiger partial charge is 0.404 e. The summed E-state index contributed by atoms with van der Waals surface area (Å²) in [6.45, 7) is 2.95. The third kappa shape index (κ3) is 5.50. The van der Waals surface area contributed by atoms with E-state index >= 15 is 0 Å². The molecule has 2 aliphatic rings. The summed E-state index contributed by atoms with van der Waals surface area (Å²) >= 11 is 0. The Morgan fingerprint density at radius 3 is 2.26 bits per heavy atom. The van der Waals surface area contributed by atoms with Gasteiger partial charge in [0, 0.05) is 39.0 Å². The van der Waals surface area contributed by atoms with E-state index in [9.17, 15) is 21.6 Å². The van der Waals surface area contributed by atoms with Gasteiger partial charge in [-0.3, -0.25) is 0 Å². The Hall–Kier alpha value is -2.30. The van der Waals surface area contributed by atoms with Gasteiger partial charge in [0.05, 0.1) is 6.61 Å². The van der Waals surface area contributed by atoms with Crippen molar-refractivity contribution in [2.45, 2.75) is 36.9 Å². The highest BCUT2D eigenvalue weighted by Gasteiger charge is 2.44. The summed E-state index contributed by atoms with van der Waals surface area (Å²) < 4.78 is 75.0. The van der Waals surface area contributed by atoms with Crippen LogP contribution in [0.5, 0.6) is 5.75 Å². The number of hydrogen-bond donors (Lipinski definition) is 0. The van der Waals surface area contributed by atoms with E-state index < -0.39 is 27.0 Å². The van der Waals surface area contributed by atoms with Crippen LogP contribution in [0.3, 0.4) is 0 Å². The number of sulfonamides is 1. The zero-order valence-corrected chi connectivity index (χ0v) is 19.9. The molecule has 1 spiro atoms. The average molecular weight is 499 g/mol. The standard InChI is InChI=1S/C24H29F3N2O4S/c1-32-17-10-19-6-8-20(9-7-19)28-14-11-23(18-28)12-15-29(16-13-23)34(30,31)22-5-3-2-4-21(22)33-24(25,26)27/h2-9H,10-18H2,1H3. The predicted molar refractivity (Wildman–Crippen MR) is 122 cm³/mol. The van der Waals surface area contributed by atoms with Crippen molar-refractivity contribution in [2.75, 3.05) is 44.8 Å². The summed E-state index contributed by atoms with van der Waals surface area (Å²) in [5, 5.41) is 0. The first kappa shape index (κ1) is 24.8. The number of methoxy groups -OCH3 is 1. The van der Waals surface area contributed by atoms with Crippen molar-refractivity contribution >= 4 is 15.7 Å². The fourth-order valence-electron chi connectivity index (χ4n) is 4.87. The Morgan fingerprint density at radius 2 is 1.62 bits per heavy atom. The first-order valence-electron chi connectivity index (χ1n) is 11.3. The van der Waals surface area contributed by atoms with Crippen molar-refractivity contribution in [1.29, 1.82) is 0 Å². The molecule has 0 atom stereocenters. The third-order valence-electron chi connectivity index (χ3n) is 6.81. The van der Waals surface area contributed by atoms with Crippen LogP contribution in [0, 0.1) is 5.41 Å². The Balaban J connectivity index is 1.41. The molecule has 34 heavy (non-hydrogen) atoms. The molecule has 0 saturated carbocycles. The zero-order chi connectivity index (χ0) is 24.4. The maximum atomic E-state index is 13.1. The number of para-hydroxylation sites is 1. The number of alkyl halides is 3. The first-order valence-corrected chi connectivity index (χ1v) is 12.7. The highest BCUT2D eigenvalue weighted by Crippen LogP contribution is 2.43. The van der Waals surface area contributed by atoms with Gasteiger partial charge in [0.1, 0.15) is 10.6 Å². The summed E-state index contributed by atoms with van der Waals surface area (Å²) in [7, 11) is -2.42. The minimum atomic E-state index is -4.97. The molecule has 0 aliphatic carbocycles. The lowest BCUT2D eigenvalue weighted by Crippen LogP contribution is -2.44. The van der Waals surface area contributed by atoms with Gasteiger partial charge in [-0.25, -0.2) is 8.42 Å². The lowest BCUT2D eigenvalue weighted by Gasteiger charge is -2.38. The van der Waals surface area contributed by atoms with Crippen LogP contribution in [0.25, 0.3) is 0 Å². The number of anilines is 1. The number of hydrogen-bond acceptors (Lipinski definition) is 5. The molecule has 0 aromatic heterocycles. The van der Waals surface area contributed by atoms with E-state index in [1.165, 1.54) is 22.0 Å². The lowest BCUT2D eigenvalue weighted by atomic mass is 9.78. The molecule has 2 heterocycles. The second kappa shape index (κ2) is 9.75. The maximum Gasteiger partial charge on any atom is 0.573 e. The zero-order valence-electron chi connectivity index (χ0n) is 19.1. The number of piperidine rings is 1. The van der Waals surface area contributed by atoms with Crippen LogP contribution in [0.1, 0.15) is 24.8 Å². The van der Waals surface area contributed by atoms with Gasteiger partial charge in [0.25, 0.3) is 0 Å². The molecule has 0 bridgehead atoms. The molecule has 2 aromatic rings. The van der Waals surface area contributed by atoms with Gasteiger partial charge in [0.15, 0.2) is 0 Å². The molecule has 0 N–H and O–H groups in total. The lowest BCUT2D eigenvalue weighted by molar-refractivity contribution is -0.275. The summed E-state index contributed by atoms with van der Waals surface area (Å²) in [6.07, 6.45) is -1.82. The van der Waals surface area contributed by atoms with E-state index in [2.05, 4.69) is 33.9 Å². The van der Waals surface area contributed by atoms with Crippen molar-refractivity contribution in [1.82, 2.24) is 4.31 Å². The van der Waals surface area contributed by atoms with Gasteiger partial charge in [-0.1, -0.05) is 24.3 Å². The minimum absolute atomic E-state index is 0.00271. The van der Waals surface area contributed by atoms with E-state index in [0.29, 0.717) is 19.4 Å². The summed E-state index contributed by atoms with van der Waals surface area (Å²) in [4.78, 5) is 1.88. The quantitative estimate of drug-likeness (QED) is 0.565. The number of halogens is 3. The van der Waals surface area contributed by atoms with Gasteiger partial charge in [-0.15, -0.1) is 13.2 Å². The van der Waals surface area contributed by atoms with Crippen LogP contribution < -0.4 is 9.64 Å². The van der Waals surface area contributed by atoms with Gasteiger partial charge in [0.2, 0.25) is 10.0 Å². The SMILES string of the molecule is COCCc1ccc(N2CCC3(CCN(S(=O)(=O)c4ccccc4OC(F)(F)F)CC3)C2)cc1. The molecule has 186 valence electrons. The molecule has 2 fully saturated rings. The van der Waals surface area contributed by atoms with E-state index in [0.717, 1.165) is 43.8 Å². The highest BCUT2D eigenvalue weighted by molar-refractivity contribution is 7.89. The number of ether oxygens (including phenoxy) is 2. The molecule has 10 heteroatoms. The van der Waals surface area contributed by atoms with Gasteiger partial charge in [-0.05, 0) is 60.9 Å². The minimum Gasteiger partial charge on any atom is -0.404 e. The van der Waals surface area contributed by atoms with Crippen molar-refractivity contribution in [2.24, 2.45) is 5.41 Å². The molecule has 4 rings (SSSR count). The molecular weight excluding hydrogens is 469 g/mol. The molecule has 0 radical (unpaired) electrons. The Bertz CT molecular complexity index is 1080.